The van der Waals surface area contributed by atoms with E-state index < -0.39 is 5.91 Å². The monoisotopic (exact) mass is 205 g/mol. The molecule has 14 heavy (non-hydrogen) atoms. The van der Waals surface area contributed by atoms with Crippen molar-refractivity contribution in [3.05, 3.63) is 41.0 Å². The number of pyridine rings is 1. The zero-order chi connectivity index (χ0) is 10.1. The molecule has 0 unspecified atom stereocenters. The number of benzene rings is 1. The van der Waals surface area contributed by atoms with Gasteiger partial charge in [-0.15, -0.1) is 0 Å². The second kappa shape index (κ2) is 3.27. The molecule has 2 aromatic rings. The van der Waals surface area contributed by atoms with E-state index in [4.69, 9.17) is 17.3 Å². The van der Waals surface area contributed by atoms with Gasteiger partial charge in [-0.05, 0) is 18.2 Å². The Bertz CT molecular complexity index is 510. The number of nitrogens with two attached hydrogens (primary N) is 1. The first kappa shape index (κ1) is 8.97. The number of nitrogens with zero attached hydrogens (tertiary/aromatic N) is 1. The van der Waals surface area contributed by atoms with Gasteiger partial charge in [0.1, 0.15) is 5.69 Å². The summed E-state index contributed by atoms with van der Waals surface area (Å²) in [6.45, 7) is 0. The Balaban J connectivity index is 2.73. The summed E-state index contributed by atoms with van der Waals surface area (Å²) >= 11 is 5.91. The van der Waals surface area contributed by atoms with Crippen LogP contribution in [0.5, 0.6) is 0 Å². The fourth-order valence-corrected chi connectivity index (χ4v) is 1.40. The molecule has 2 N–H and O–H groups in total. The maximum absolute atomic E-state index is 10.8. The molecule has 1 amide bonds. The third-order valence-electron chi connectivity index (χ3n) is 1.85. The SMILES string of the molecule is NC(=O)c1ccc2c(Cl)cc[c]c2n1. The molecule has 1 aromatic carbocycles. The molecule has 0 saturated heterocycles. The summed E-state index contributed by atoms with van der Waals surface area (Å²) in [7, 11) is 0. The van der Waals surface area contributed by atoms with Crippen LogP contribution in [0.25, 0.3) is 10.9 Å². The van der Waals surface area contributed by atoms with E-state index in [0.29, 0.717) is 10.5 Å². The van der Waals surface area contributed by atoms with Crippen molar-refractivity contribution >= 4 is 28.4 Å². The van der Waals surface area contributed by atoms with Gasteiger partial charge >= 0.3 is 0 Å². The molecule has 0 aliphatic heterocycles. The van der Waals surface area contributed by atoms with Gasteiger partial charge in [-0.25, -0.2) is 4.98 Å². The Morgan fingerprint density at radius 1 is 1.43 bits per heavy atom. The first-order valence-electron chi connectivity index (χ1n) is 3.95. The molecule has 0 bridgehead atoms. The fraction of sp³-hybridized carbons (Fsp3) is 0. The zero-order valence-corrected chi connectivity index (χ0v) is 7.88. The van der Waals surface area contributed by atoms with Crippen LogP contribution in [0.3, 0.4) is 0 Å². The van der Waals surface area contributed by atoms with Crippen molar-refractivity contribution in [1.82, 2.24) is 4.98 Å². The molecular formula is C10H6ClN2O. The van der Waals surface area contributed by atoms with Gasteiger partial charge in [0, 0.05) is 11.5 Å². The Morgan fingerprint density at radius 2 is 2.21 bits per heavy atom. The van der Waals surface area contributed by atoms with E-state index in [1.807, 2.05) is 0 Å². The number of carbonyl (C=O) groups is 1. The van der Waals surface area contributed by atoms with E-state index in [-0.39, 0.29) is 5.69 Å². The predicted molar refractivity (Wildman–Crippen MR) is 54.1 cm³/mol. The molecule has 0 atom stereocenters. The van der Waals surface area contributed by atoms with E-state index in [1.165, 1.54) is 0 Å². The normalized spacial score (nSPS) is 10.4. The minimum atomic E-state index is -0.555. The molecule has 1 radical (unpaired) electrons. The summed E-state index contributed by atoms with van der Waals surface area (Å²) in [5.74, 6) is -0.555. The molecule has 0 saturated carbocycles. The van der Waals surface area contributed by atoms with Gasteiger partial charge in [0.05, 0.1) is 10.5 Å². The summed E-state index contributed by atoms with van der Waals surface area (Å²) in [5.41, 5.74) is 5.86. The number of primary amides is 1. The number of fused-ring (bicyclic) bond motifs is 1. The lowest BCUT2D eigenvalue weighted by molar-refractivity contribution is 0.0996. The summed E-state index contributed by atoms with van der Waals surface area (Å²) in [6.07, 6.45) is 0. The minimum absolute atomic E-state index is 0.219. The van der Waals surface area contributed by atoms with Gasteiger partial charge in [0.2, 0.25) is 0 Å². The van der Waals surface area contributed by atoms with Crippen LogP contribution in [0.2, 0.25) is 5.02 Å². The fourth-order valence-electron chi connectivity index (χ4n) is 1.18. The van der Waals surface area contributed by atoms with Crippen molar-refractivity contribution in [3.63, 3.8) is 0 Å². The molecule has 1 aromatic heterocycles. The van der Waals surface area contributed by atoms with Crippen molar-refractivity contribution in [2.45, 2.75) is 0 Å². The minimum Gasteiger partial charge on any atom is -0.364 e. The van der Waals surface area contributed by atoms with Gasteiger partial charge in [0.25, 0.3) is 5.91 Å². The van der Waals surface area contributed by atoms with E-state index >= 15 is 0 Å². The number of hydrogen-bond acceptors (Lipinski definition) is 2. The van der Waals surface area contributed by atoms with Crippen LogP contribution in [0.1, 0.15) is 10.5 Å². The van der Waals surface area contributed by atoms with E-state index in [2.05, 4.69) is 11.1 Å². The number of amides is 1. The summed E-state index contributed by atoms with van der Waals surface area (Å²) in [4.78, 5) is 14.9. The van der Waals surface area contributed by atoms with Crippen molar-refractivity contribution in [2.24, 2.45) is 5.73 Å². The molecule has 4 heteroatoms. The quantitative estimate of drug-likeness (QED) is 0.772. The Kier molecular flexibility index (Phi) is 2.09. The third kappa shape index (κ3) is 1.42. The first-order valence-corrected chi connectivity index (χ1v) is 4.33. The highest BCUT2D eigenvalue weighted by atomic mass is 35.5. The zero-order valence-electron chi connectivity index (χ0n) is 7.12. The topological polar surface area (TPSA) is 56.0 Å². The van der Waals surface area contributed by atoms with Crippen LogP contribution in [0.15, 0.2) is 24.3 Å². The van der Waals surface area contributed by atoms with E-state index in [0.717, 1.165) is 5.39 Å². The molecule has 3 nitrogen and oxygen atoms in total. The van der Waals surface area contributed by atoms with Crippen LogP contribution >= 0.6 is 11.6 Å². The number of aromatic nitrogens is 1. The standard InChI is InChI=1S/C10H6ClN2O/c11-7-2-1-3-8-6(7)4-5-9(13-8)10(12)14/h1-2,4-5H,(H2,12,14). The van der Waals surface area contributed by atoms with Crippen molar-refractivity contribution in [2.75, 3.05) is 0 Å². The molecular weight excluding hydrogens is 200 g/mol. The van der Waals surface area contributed by atoms with Crippen molar-refractivity contribution in [3.8, 4) is 0 Å². The van der Waals surface area contributed by atoms with Crippen LogP contribution in [-0.4, -0.2) is 10.9 Å². The van der Waals surface area contributed by atoms with E-state index in [1.54, 1.807) is 24.3 Å². The highest BCUT2D eigenvalue weighted by Crippen LogP contribution is 2.21. The Morgan fingerprint density at radius 3 is 2.93 bits per heavy atom. The van der Waals surface area contributed by atoms with Crippen LogP contribution < -0.4 is 5.73 Å². The maximum atomic E-state index is 10.8. The average molecular weight is 206 g/mol. The lowest BCUT2D eigenvalue weighted by Crippen LogP contribution is -2.12. The van der Waals surface area contributed by atoms with Gasteiger partial charge in [-0.2, -0.15) is 0 Å². The van der Waals surface area contributed by atoms with Crippen LogP contribution in [0.4, 0.5) is 0 Å². The molecule has 0 aliphatic rings. The van der Waals surface area contributed by atoms with E-state index in [9.17, 15) is 4.79 Å². The predicted octanol–water partition coefficient (Wildman–Crippen LogP) is 1.79. The van der Waals surface area contributed by atoms with Gasteiger partial charge in [-0.1, -0.05) is 17.7 Å². The number of halogens is 1. The van der Waals surface area contributed by atoms with Gasteiger partial charge < -0.3 is 5.73 Å². The van der Waals surface area contributed by atoms with Crippen LogP contribution in [-0.2, 0) is 0 Å². The lowest BCUT2D eigenvalue weighted by Gasteiger charge is -2.00. The van der Waals surface area contributed by atoms with Crippen molar-refractivity contribution in [1.29, 1.82) is 0 Å². The average Bonchev–Trinajstić information content (AvgIpc) is 2.17. The highest BCUT2D eigenvalue weighted by Gasteiger charge is 2.04. The Labute approximate surface area is 85.5 Å². The largest absolute Gasteiger partial charge is 0.364 e. The molecule has 0 spiro atoms. The summed E-state index contributed by atoms with van der Waals surface area (Å²) in [5, 5.41) is 1.35. The number of hydrogen-bond donors (Lipinski definition) is 1. The summed E-state index contributed by atoms with van der Waals surface area (Å²) in [6, 6.07) is 9.51. The molecule has 2 rings (SSSR count). The highest BCUT2D eigenvalue weighted by molar-refractivity contribution is 6.35. The second-order valence-electron chi connectivity index (χ2n) is 2.78. The molecule has 0 fully saturated rings. The second-order valence-corrected chi connectivity index (χ2v) is 3.19. The smallest absolute Gasteiger partial charge is 0.267 e. The molecule has 0 aliphatic carbocycles. The molecule has 1 heterocycles. The van der Waals surface area contributed by atoms with Crippen LogP contribution in [0, 0.1) is 6.07 Å². The summed E-state index contributed by atoms with van der Waals surface area (Å²) < 4.78 is 0. The van der Waals surface area contributed by atoms with Gasteiger partial charge in [0.15, 0.2) is 0 Å². The lowest BCUT2D eigenvalue weighted by atomic mass is 10.2. The first-order chi connectivity index (χ1) is 6.68. The molecule has 69 valence electrons. The maximum Gasteiger partial charge on any atom is 0.267 e. The number of rotatable bonds is 1. The van der Waals surface area contributed by atoms with Crippen molar-refractivity contribution < 1.29 is 4.79 Å². The third-order valence-corrected chi connectivity index (χ3v) is 2.18. The van der Waals surface area contributed by atoms with Gasteiger partial charge in [-0.3, -0.25) is 4.79 Å². The number of carbonyl (C=O) groups excluding carboxylic acids is 1. The Hall–Kier alpha value is -1.61.